The van der Waals surface area contributed by atoms with Gasteiger partial charge < -0.3 is 9.88 Å². The van der Waals surface area contributed by atoms with Crippen LogP contribution in [0.4, 0.5) is 0 Å². The van der Waals surface area contributed by atoms with Gasteiger partial charge in [-0.3, -0.25) is 4.98 Å². The van der Waals surface area contributed by atoms with Crippen LogP contribution in [0.1, 0.15) is 23.3 Å². The average molecular weight is 230 g/mol. The summed E-state index contributed by atoms with van der Waals surface area (Å²) in [6.45, 7) is 2.01. The zero-order valence-corrected chi connectivity index (χ0v) is 10.5. The van der Waals surface area contributed by atoms with Gasteiger partial charge in [-0.25, -0.2) is 4.98 Å². The van der Waals surface area contributed by atoms with Crippen molar-refractivity contribution in [2.24, 2.45) is 7.05 Å². The summed E-state index contributed by atoms with van der Waals surface area (Å²) >= 11 is 0. The first-order chi connectivity index (χ1) is 8.20. The van der Waals surface area contributed by atoms with Crippen LogP contribution in [0.25, 0.3) is 0 Å². The van der Waals surface area contributed by atoms with Crippen LogP contribution in [0.15, 0.2) is 30.6 Å². The van der Waals surface area contributed by atoms with Crippen molar-refractivity contribution in [3.05, 3.63) is 47.8 Å². The van der Waals surface area contributed by atoms with E-state index < -0.39 is 0 Å². The highest BCUT2D eigenvalue weighted by Crippen LogP contribution is 2.15. The average Bonchev–Trinajstić information content (AvgIpc) is 2.71. The van der Waals surface area contributed by atoms with Gasteiger partial charge in [0.1, 0.15) is 5.82 Å². The maximum atomic E-state index is 4.56. The van der Waals surface area contributed by atoms with Crippen LogP contribution in [-0.2, 0) is 13.5 Å². The molecule has 0 saturated heterocycles. The molecule has 2 aromatic rings. The van der Waals surface area contributed by atoms with Crippen molar-refractivity contribution < 1.29 is 0 Å². The number of nitrogens with one attached hydrogen (secondary N) is 1. The summed E-state index contributed by atoms with van der Waals surface area (Å²) in [4.78, 5) is 8.90. The fourth-order valence-electron chi connectivity index (χ4n) is 1.89. The number of aryl methyl sites for hydroxylation is 2. The lowest BCUT2D eigenvalue weighted by molar-refractivity contribution is 0.549. The predicted octanol–water partition coefficient (Wildman–Crippen LogP) is 1.63. The van der Waals surface area contributed by atoms with Crippen molar-refractivity contribution in [1.29, 1.82) is 0 Å². The fraction of sp³-hybridized carbons (Fsp3) is 0.385. The monoisotopic (exact) mass is 230 g/mol. The summed E-state index contributed by atoms with van der Waals surface area (Å²) in [6.07, 6.45) is 4.63. The molecule has 0 spiro atoms. The van der Waals surface area contributed by atoms with Crippen molar-refractivity contribution >= 4 is 0 Å². The van der Waals surface area contributed by atoms with E-state index in [1.807, 2.05) is 50.1 Å². The Balaban J connectivity index is 2.20. The number of nitrogens with zero attached hydrogens (tertiary/aromatic N) is 3. The third kappa shape index (κ3) is 2.71. The molecule has 0 aromatic carbocycles. The molecule has 0 fully saturated rings. The van der Waals surface area contributed by atoms with Gasteiger partial charge in [0, 0.05) is 31.6 Å². The zero-order chi connectivity index (χ0) is 12.3. The lowest BCUT2D eigenvalue weighted by atomic mass is 10.1. The van der Waals surface area contributed by atoms with Gasteiger partial charge in [0.25, 0.3) is 0 Å². The number of likely N-dealkylation sites (N-methyl/N-ethyl adjacent to an activating group) is 1. The Labute approximate surface area is 102 Å². The van der Waals surface area contributed by atoms with Gasteiger partial charge in [0.05, 0.1) is 11.7 Å². The Morgan fingerprint density at radius 1 is 1.41 bits per heavy atom. The van der Waals surface area contributed by atoms with Gasteiger partial charge in [-0.05, 0) is 26.1 Å². The van der Waals surface area contributed by atoms with E-state index in [-0.39, 0.29) is 6.04 Å². The molecule has 0 aliphatic carbocycles. The third-order valence-corrected chi connectivity index (χ3v) is 2.92. The summed E-state index contributed by atoms with van der Waals surface area (Å²) < 4.78 is 2.04. The van der Waals surface area contributed by atoms with E-state index in [0.717, 1.165) is 23.6 Å². The van der Waals surface area contributed by atoms with Crippen molar-refractivity contribution in [3.63, 3.8) is 0 Å². The molecule has 2 rings (SSSR count). The van der Waals surface area contributed by atoms with E-state index in [0.29, 0.717) is 0 Å². The van der Waals surface area contributed by atoms with E-state index in [4.69, 9.17) is 0 Å². The maximum Gasteiger partial charge on any atom is 0.110 e. The molecule has 0 radical (unpaired) electrons. The molecule has 0 saturated carbocycles. The molecular formula is C13H18N4. The molecule has 1 N–H and O–H groups in total. The summed E-state index contributed by atoms with van der Waals surface area (Å²) in [5.74, 6) is 1.06. The molecule has 1 atom stereocenters. The summed E-state index contributed by atoms with van der Waals surface area (Å²) in [7, 11) is 3.97. The Bertz CT molecular complexity index is 490. The molecule has 4 heteroatoms. The van der Waals surface area contributed by atoms with Crippen LogP contribution in [0.5, 0.6) is 0 Å². The topological polar surface area (TPSA) is 42.7 Å². The smallest absolute Gasteiger partial charge is 0.110 e. The lowest BCUT2D eigenvalue weighted by Gasteiger charge is -2.15. The first-order valence-corrected chi connectivity index (χ1v) is 5.77. The summed E-state index contributed by atoms with van der Waals surface area (Å²) in [5.41, 5.74) is 2.11. The molecule has 1 unspecified atom stereocenters. The molecule has 2 aromatic heterocycles. The number of aromatic nitrogens is 3. The SMILES string of the molecule is CNC(Cc1nccn1C)c1cccc(C)n1. The van der Waals surface area contributed by atoms with E-state index in [9.17, 15) is 0 Å². The number of rotatable bonds is 4. The second-order valence-electron chi connectivity index (χ2n) is 4.20. The Morgan fingerprint density at radius 3 is 2.82 bits per heavy atom. The second kappa shape index (κ2) is 5.10. The Morgan fingerprint density at radius 2 is 2.24 bits per heavy atom. The van der Waals surface area contributed by atoms with Gasteiger partial charge >= 0.3 is 0 Å². The number of imidazole rings is 1. The van der Waals surface area contributed by atoms with Crippen LogP contribution in [0.2, 0.25) is 0 Å². The quantitative estimate of drug-likeness (QED) is 0.868. The fourth-order valence-corrected chi connectivity index (χ4v) is 1.89. The Kier molecular flexibility index (Phi) is 3.54. The minimum atomic E-state index is 0.205. The van der Waals surface area contributed by atoms with Gasteiger partial charge in [0.2, 0.25) is 0 Å². The predicted molar refractivity (Wildman–Crippen MR) is 67.7 cm³/mol. The molecule has 4 nitrogen and oxygen atoms in total. The molecular weight excluding hydrogens is 212 g/mol. The molecule has 0 aliphatic rings. The molecule has 2 heterocycles. The van der Waals surface area contributed by atoms with E-state index in [1.165, 1.54) is 0 Å². The van der Waals surface area contributed by atoms with Crippen LogP contribution in [0, 0.1) is 6.92 Å². The van der Waals surface area contributed by atoms with Crippen LogP contribution in [-0.4, -0.2) is 21.6 Å². The van der Waals surface area contributed by atoms with Crippen LogP contribution < -0.4 is 5.32 Å². The highest BCUT2D eigenvalue weighted by atomic mass is 15.0. The van der Waals surface area contributed by atoms with E-state index in [1.54, 1.807) is 0 Å². The molecule has 0 bridgehead atoms. The highest BCUT2D eigenvalue weighted by molar-refractivity contribution is 5.15. The maximum absolute atomic E-state index is 4.56. The van der Waals surface area contributed by atoms with E-state index in [2.05, 4.69) is 21.4 Å². The van der Waals surface area contributed by atoms with E-state index >= 15 is 0 Å². The summed E-state index contributed by atoms with van der Waals surface area (Å²) in [5, 5.41) is 3.30. The minimum absolute atomic E-state index is 0.205. The normalized spacial score (nSPS) is 12.6. The largest absolute Gasteiger partial charge is 0.338 e. The van der Waals surface area contributed by atoms with Crippen LogP contribution in [0.3, 0.4) is 0 Å². The van der Waals surface area contributed by atoms with Crippen molar-refractivity contribution in [2.45, 2.75) is 19.4 Å². The number of pyridine rings is 1. The van der Waals surface area contributed by atoms with Gasteiger partial charge in [-0.15, -0.1) is 0 Å². The zero-order valence-electron chi connectivity index (χ0n) is 10.5. The standard InChI is InChI=1S/C13H18N4/c1-10-5-4-6-11(16-10)12(14-2)9-13-15-7-8-17(13)3/h4-8,12,14H,9H2,1-3H3. The highest BCUT2D eigenvalue weighted by Gasteiger charge is 2.13. The van der Waals surface area contributed by atoms with Gasteiger partial charge in [-0.1, -0.05) is 6.07 Å². The molecule has 17 heavy (non-hydrogen) atoms. The van der Waals surface area contributed by atoms with Crippen LogP contribution >= 0.6 is 0 Å². The third-order valence-electron chi connectivity index (χ3n) is 2.92. The summed E-state index contributed by atoms with van der Waals surface area (Å²) in [6, 6.07) is 6.31. The molecule has 0 amide bonds. The minimum Gasteiger partial charge on any atom is -0.338 e. The van der Waals surface area contributed by atoms with Gasteiger partial charge in [0.15, 0.2) is 0 Å². The Hall–Kier alpha value is -1.68. The number of hydrogen-bond acceptors (Lipinski definition) is 3. The van der Waals surface area contributed by atoms with Crippen molar-refractivity contribution in [3.8, 4) is 0 Å². The molecule has 90 valence electrons. The van der Waals surface area contributed by atoms with Crippen molar-refractivity contribution in [1.82, 2.24) is 19.9 Å². The second-order valence-corrected chi connectivity index (χ2v) is 4.20. The first kappa shape index (κ1) is 11.8. The van der Waals surface area contributed by atoms with Crippen molar-refractivity contribution in [2.75, 3.05) is 7.05 Å². The lowest BCUT2D eigenvalue weighted by Crippen LogP contribution is -2.21. The van der Waals surface area contributed by atoms with Gasteiger partial charge in [-0.2, -0.15) is 0 Å². The molecule has 0 aliphatic heterocycles. The first-order valence-electron chi connectivity index (χ1n) is 5.77. The number of hydrogen-bond donors (Lipinski definition) is 1.